The maximum atomic E-state index is 10.5. The van der Waals surface area contributed by atoms with Crippen molar-refractivity contribution in [3.05, 3.63) is 0 Å². The lowest BCUT2D eigenvalue weighted by Gasteiger charge is -1.99. The molecule has 0 aliphatic carbocycles. The van der Waals surface area contributed by atoms with Gasteiger partial charge < -0.3 is 15.6 Å². The van der Waals surface area contributed by atoms with E-state index in [9.17, 15) is 4.79 Å². The number of amides is 1. The van der Waals surface area contributed by atoms with Gasteiger partial charge in [-0.15, -0.1) is 0 Å². The molecular formula is C6H11NO3. The lowest BCUT2D eigenvalue weighted by Crippen LogP contribution is -2.26. The first-order valence-corrected chi connectivity index (χ1v) is 3.22. The summed E-state index contributed by atoms with van der Waals surface area (Å²) in [5, 5.41) is 8.53. The fourth-order valence-corrected chi connectivity index (χ4v) is 0.905. The highest BCUT2D eigenvalue weighted by Crippen LogP contribution is 2.28. The van der Waals surface area contributed by atoms with E-state index >= 15 is 0 Å². The molecule has 0 spiro atoms. The van der Waals surface area contributed by atoms with E-state index < -0.39 is 0 Å². The van der Waals surface area contributed by atoms with E-state index in [2.05, 4.69) is 0 Å². The molecule has 0 aromatic heterocycles. The third kappa shape index (κ3) is 1.27. The Kier molecular flexibility index (Phi) is 1.92. The molecule has 0 aromatic rings. The predicted molar refractivity (Wildman–Crippen MR) is 34.1 cm³/mol. The van der Waals surface area contributed by atoms with Crippen molar-refractivity contribution in [2.75, 3.05) is 6.61 Å². The van der Waals surface area contributed by atoms with Crippen LogP contribution in [0.3, 0.4) is 0 Å². The molecule has 58 valence electrons. The standard InChI is InChI=1S/C6H11NO3/c1-3(6(7)9)5-4(2-8)10-5/h3-5,8H,2H2,1H3,(H2,7,9). The Hall–Kier alpha value is -0.610. The summed E-state index contributed by atoms with van der Waals surface area (Å²) in [5.74, 6) is -0.655. The van der Waals surface area contributed by atoms with Crippen molar-refractivity contribution in [2.24, 2.45) is 11.7 Å². The minimum atomic E-state index is -0.374. The number of epoxide rings is 1. The van der Waals surface area contributed by atoms with Crippen molar-refractivity contribution in [2.45, 2.75) is 19.1 Å². The molecule has 1 heterocycles. The van der Waals surface area contributed by atoms with Crippen LogP contribution >= 0.6 is 0 Å². The van der Waals surface area contributed by atoms with Gasteiger partial charge in [-0.05, 0) is 0 Å². The van der Waals surface area contributed by atoms with Gasteiger partial charge in [-0.1, -0.05) is 6.92 Å². The number of primary amides is 1. The molecule has 0 saturated carbocycles. The smallest absolute Gasteiger partial charge is 0.222 e. The maximum absolute atomic E-state index is 10.5. The molecule has 1 fully saturated rings. The summed E-state index contributed by atoms with van der Waals surface area (Å²) in [6, 6.07) is 0. The zero-order chi connectivity index (χ0) is 7.72. The minimum absolute atomic E-state index is 0.0255. The largest absolute Gasteiger partial charge is 0.394 e. The van der Waals surface area contributed by atoms with Crippen molar-refractivity contribution in [3.8, 4) is 0 Å². The Balaban J connectivity index is 2.32. The second-order valence-electron chi connectivity index (χ2n) is 2.51. The van der Waals surface area contributed by atoms with E-state index in [1.165, 1.54) is 0 Å². The number of carbonyl (C=O) groups is 1. The summed E-state index contributed by atoms with van der Waals surface area (Å²) in [5.41, 5.74) is 4.99. The van der Waals surface area contributed by atoms with Gasteiger partial charge in [0.1, 0.15) is 6.10 Å². The van der Waals surface area contributed by atoms with Gasteiger partial charge in [-0.3, -0.25) is 4.79 Å². The molecule has 0 radical (unpaired) electrons. The first-order chi connectivity index (χ1) is 4.66. The van der Waals surface area contributed by atoms with Crippen LogP contribution in [0, 0.1) is 5.92 Å². The predicted octanol–water partition coefficient (Wildman–Crippen LogP) is -1.13. The molecular weight excluding hydrogens is 134 g/mol. The number of aliphatic hydroxyl groups excluding tert-OH is 1. The van der Waals surface area contributed by atoms with Crippen molar-refractivity contribution in [3.63, 3.8) is 0 Å². The van der Waals surface area contributed by atoms with Crippen LogP contribution in [0.5, 0.6) is 0 Å². The number of hydrogen-bond donors (Lipinski definition) is 2. The Labute approximate surface area is 59.0 Å². The van der Waals surface area contributed by atoms with Gasteiger partial charge >= 0.3 is 0 Å². The van der Waals surface area contributed by atoms with Crippen LogP contribution in [0.25, 0.3) is 0 Å². The van der Waals surface area contributed by atoms with Crippen LogP contribution in [0.1, 0.15) is 6.92 Å². The first kappa shape index (κ1) is 7.50. The van der Waals surface area contributed by atoms with Gasteiger partial charge in [0.25, 0.3) is 0 Å². The average Bonchev–Trinajstić information content (AvgIpc) is 2.64. The summed E-state index contributed by atoms with van der Waals surface area (Å²) >= 11 is 0. The van der Waals surface area contributed by atoms with Crippen LogP contribution in [-0.4, -0.2) is 29.8 Å². The van der Waals surface area contributed by atoms with E-state index in [0.717, 1.165) is 0 Å². The molecule has 0 bridgehead atoms. The van der Waals surface area contributed by atoms with Crippen molar-refractivity contribution >= 4 is 5.91 Å². The summed E-state index contributed by atoms with van der Waals surface area (Å²) in [4.78, 5) is 10.5. The van der Waals surface area contributed by atoms with Crippen LogP contribution in [0.4, 0.5) is 0 Å². The van der Waals surface area contributed by atoms with E-state index in [1.807, 2.05) is 0 Å². The molecule has 3 unspecified atom stereocenters. The topological polar surface area (TPSA) is 75.9 Å². The summed E-state index contributed by atoms with van der Waals surface area (Å²) in [6.45, 7) is 1.67. The molecule has 1 rings (SSSR count). The van der Waals surface area contributed by atoms with Gasteiger partial charge in [0, 0.05) is 0 Å². The zero-order valence-electron chi connectivity index (χ0n) is 5.78. The van der Waals surface area contributed by atoms with Crippen molar-refractivity contribution < 1.29 is 14.6 Å². The molecule has 4 heteroatoms. The Bertz CT molecular complexity index is 148. The molecule has 0 aromatic carbocycles. The third-order valence-corrected chi connectivity index (χ3v) is 1.74. The first-order valence-electron chi connectivity index (χ1n) is 3.22. The molecule has 10 heavy (non-hydrogen) atoms. The minimum Gasteiger partial charge on any atom is -0.394 e. The fraction of sp³-hybridized carbons (Fsp3) is 0.833. The summed E-state index contributed by atoms with van der Waals surface area (Å²) < 4.78 is 4.94. The van der Waals surface area contributed by atoms with Crippen LogP contribution < -0.4 is 5.73 Å². The van der Waals surface area contributed by atoms with Gasteiger partial charge in [0.2, 0.25) is 5.91 Å². The Morgan fingerprint density at radius 1 is 1.90 bits per heavy atom. The highest BCUT2D eigenvalue weighted by Gasteiger charge is 2.44. The highest BCUT2D eigenvalue weighted by atomic mass is 16.6. The van der Waals surface area contributed by atoms with E-state index in [0.29, 0.717) is 0 Å². The van der Waals surface area contributed by atoms with E-state index in [4.69, 9.17) is 15.6 Å². The highest BCUT2D eigenvalue weighted by molar-refractivity contribution is 5.77. The lowest BCUT2D eigenvalue weighted by atomic mass is 10.1. The van der Waals surface area contributed by atoms with Crippen molar-refractivity contribution in [1.29, 1.82) is 0 Å². The number of hydrogen-bond acceptors (Lipinski definition) is 3. The Morgan fingerprint density at radius 2 is 2.50 bits per heavy atom. The maximum Gasteiger partial charge on any atom is 0.222 e. The van der Waals surface area contributed by atoms with E-state index in [-0.39, 0.29) is 30.6 Å². The molecule has 4 nitrogen and oxygen atoms in total. The van der Waals surface area contributed by atoms with Crippen LogP contribution in [0.2, 0.25) is 0 Å². The third-order valence-electron chi connectivity index (χ3n) is 1.74. The van der Waals surface area contributed by atoms with Gasteiger partial charge in [-0.25, -0.2) is 0 Å². The molecule has 1 aliphatic rings. The normalized spacial score (nSPS) is 33.4. The number of carbonyl (C=O) groups excluding carboxylic acids is 1. The molecule has 3 N–H and O–H groups in total. The molecule has 1 amide bonds. The molecule has 3 atom stereocenters. The second kappa shape index (κ2) is 2.56. The van der Waals surface area contributed by atoms with Gasteiger partial charge in [0.15, 0.2) is 0 Å². The quantitative estimate of drug-likeness (QED) is 0.493. The number of nitrogens with two attached hydrogens (primary N) is 1. The molecule has 1 aliphatic heterocycles. The SMILES string of the molecule is CC(C(N)=O)C1OC1CO. The van der Waals surface area contributed by atoms with Gasteiger partial charge in [-0.2, -0.15) is 0 Å². The number of aliphatic hydroxyl groups is 1. The van der Waals surface area contributed by atoms with Crippen molar-refractivity contribution in [1.82, 2.24) is 0 Å². The average molecular weight is 145 g/mol. The zero-order valence-corrected chi connectivity index (χ0v) is 5.78. The molecule has 1 saturated heterocycles. The second-order valence-corrected chi connectivity index (χ2v) is 2.51. The number of ether oxygens (including phenoxy) is 1. The Morgan fingerprint density at radius 3 is 2.80 bits per heavy atom. The van der Waals surface area contributed by atoms with Crippen LogP contribution in [0.15, 0.2) is 0 Å². The summed E-state index contributed by atoms with van der Waals surface area (Å²) in [7, 11) is 0. The summed E-state index contributed by atoms with van der Waals surface area (Å²) in [6.07, 6.45) is -0.315. The fourth-order valence-electron chi connectivity index (χ4n) is 0.905. The lowest BCUT2D eigenvalue weighted by molar-refractivity contribution is -0.121. The monoisotopic (exact) mass is 145 g/mol. The van der Waals surface area contributed by atoms with Gasteiger partial charge in [0.05, 0.1) is 18.6 Å². The number of rotatable bonds is 3. The van der Waals surface area contributed by atoms with Crippen LogP contribution in [-0.2, 0) is 9.53 Å². The van der Waals surface area contributed by atoms with E-state index in [1.54, 1.807) is 6.92 Å².